The van der Waals surface area contributed by atoms with E-state index < -0.39 is 0 Å². The molecular weight excluding hydrogens is 741 g/mol. The van der Waals surface area contributed by atoms with Crippen LogP contribution < -0.4 is 0 Å². The first-order chi connectivity index (χ1) is 30.0. The van der Waals surface area contributed by atoms with E-state index in [1.54, 1.807) is 0 Å². The van der Waals surface area contributed by atoms with Crippen LogP contribution in [0, 0.1) is 0 Å². The van der Waals surface area contributed by atoms with Crippen LogP contribution in [0.2, 0.25) is 0 Å². The summed E-state index contributed by atoms with van der Waals surface area (Å²) in [5, 5.41) is 8.15. The molecule has 0 fully saturated rings. The Morgan fingerprint density at radius 3 is 1.90 bits per heavy atom. The molecule has 0 atom stereocenters. The number of rotatable bonds is 4. The molecule has 0 unspecified atom stereocenters. The smallest absolute Gasteiger partial charge is 0.162 e. The molecular formula is C57H38N4. The normalized spacial score (nSPS) is 13.2. The highest BCUT2D eigenvalue weighted by atomic mass is 15.1. The largest absolute Gasteiger partial charge is 0.309 e. The minimum Gasteiger partial charge on any atom is -0.309 e. The second kappa shape index (κ2) is 12.6. The van der Waals surface area contributed by atoms with Crippen LogP contribution in [-0.4, -0.2) is 19.1 Å². The fraction of sp³-hybridized carbons (Fsp3) is 0.0526. The fourth-order valence-electron chi connectivity index (χ4n) is 10.5. The van der Waals surface area contributed by atoms with Gasteiger partial charge in [0.2, 0.25) is 0 Å². The summed E-state index contributed by atoms with van der Waals surface area (Å²) in [5.74, 6) is 1.59. The first kappa shape index (κ1) is 34.1. The standard InChI is InChI=1S/C57H38N4/c1-57(2)47-23-11-8-19-41(47)42-30-29-37(33-48(42)57)55-58-54-40-18-7-6-15-35(40)27-32-46(54)56(59-55)61-50-25-13-10-21-45(50)53-39(22-14-26-51(53)61)36-28-31-44-43-20-9-12-24-49(43)60(52(44)34-36)38-16-4-3-5-17-38/h3-34H,1-2H3. The Balaban J connectivity index is 1.08. The van der Waals surface area contributed by atoms with Crippen molar-refractivity contribution in [3.8, 4) is 45.1 Å². The average molecular weight is 779 g/mol. The van der Waals surface area contributed by atoms with Crippen molar-refractivity contribution in [3.05, 3.63) is 205 Å². The molecule has 0 N–H and O–H groups in total. The highest BCUT2D eigenvalue weighted by Crippen LogP contribution is 2.50. The van der Waals surface area contributed by atoms with Crippen molar-refractivity contribution < 1.29 is 0 Å². The summed E-state index contributed by atoms with van der Waals surface area (Å²) in [6.45, 7) is 4.66. The van der Waals surface area contributed by atoms with E-state index in [9.17, 15) is 0 Å². The van der Waals surface area contributed by atoms with Crippen molar-refractivity contribution in [3.63, 3.8) is 0 Å². The van der Waals surface area contributed by atoms with Crippen LogP contribution >= 0.6 is 0 Å². The van der Waals surface area contributed by atoms with Crippen LogP contribution in [-0.2, 0) is 5.41 Å². The van der Waals surface area contributed by atoms with E-state index in [1.807, 2.05) is 0 Å². The van der Waals surface area contributed by atoms with E-state index >= 15 is 0 Å². The lowest BCUT2D eigenvalue weighted by Gasteiger charge is -2.22. The maximum Gasteiger partial charge on any atom is 0.162 e. The molecule has 0 bridgehead atoms. The summed E-state index contributed by atoms with van der Waals surface area (Å²) < 4.78 is 4.78. The van der Waals surface area contributed by atoms with Gasteiger partial charge in [0.15, 0.2) is 5.82 Å². The summed E-state index contributed by atoms with van der Waals surface area (Å²) in [7, 11) is 0. The molecule has 286 valence electrons. The van der Waals surface area contributed by atoms with E-state index in [0.717, 1.165) is 55.6 Å². The van der Waals surface area contributed by atoms with Crippen molar-refractivity contribution in [1.29, 1.82) is 0 Å². The second-order valence-electron chi connectivity index (χ2n) is 17.0. The molecule has 0 saturated carbocycles. The van der Waals surface area contributed by atoms with Gasteiger partial charge in [-0.2, -0.15) is 0 Å². The Kier molecular flexibility index (Phi) is 7.04. The van der Waals surface area contributed by atoms with Gasteiger partial charge in [-0.3, -0.25) is 4.57 Å². The Morgan fingerprint density at radius 2 is 1.03 bits per heavy atom. The molecule has 13 rings (SSSR count). The van der Waals surface area contributed by atoms with E-state index in [0.29, 0.717) is 0 Å². The molecule has 3 heterocycles. The molecule has 0 aliphatic heterocycles. The number of aromatic nitrogens is 4. The monoisotopic (exact) mass is 778 g/mol. The van der Waals surface area contributed by atoms with Gasteiger partial charge in [-0.05, 0) is 87.3 Å². The van der Waals surface area contributed by atoms with Gasteiger partial charge in [0.05, 0.1) is 27.6 Å². The van der Waals surface area contributed by atoms with Crippen molar-refractivity contribution in [2.45, 2.75) is 19.3 Å². The predicted octanol–water partition coefficient (Wildman–Crippen LogP) is 14.6. The maximum atomic E-state index is 5.60. The van der Waals surface area contributed by atoms with Gasteiger partial charge < -0.3 is 4.57 Å². The van der Waals surface area contributed by atoms with Crippen molar-refractivity contribution in [2.24, 2.45) is 0 Å². The van der Waals surface area contributed by atoms with Crippen LogP contribution in [0.15, 0.2) is 194 Å². The molecule has 3 aromatic heterocycles. The first-order valence-electron chi connectivity index (χ1n) is 21.1. The van der Waals surface area contributed by atoms with E-state index in [1.165, 1.54) is 66.0 Å². The maximum absolute atomic E-state index is 5.60. The predicted molar refractivity (Wildman–Crippen MR) is 254 cm³/mol. The zero-order valence-electron chi connectivity index (χ0n) is 33.8. The van der Waals surface area contributed by atoms with Gasteiger partial charge >= 0.3 is 0 Å². The third-order valence-corrected chi connectivity index (χ3v) is 13.3. The molecule has 61 heavy (non-hydrogen) atoms. The van der Waals surface area contributed by atoms with Crippen molar-refractivity contribution >= 4 is 65.3 Å². The van der Waals surface area contributed by atoms with Gasteiger partial charge in [0, 0.05) is 49.0 Å². The second-order valence-corrected chi connectivity index (χ2v) is 17.0. The summed E-state index contributed by atoms with van der Waals surface area (Å²) in [4.78, 5) is 11.0. The van der Waals surface area contributed by atoms with E-state index in [4.69, 9.17) is 9.97 Å². The summed E-state index contributed by atoms with van der Waals surface area (Å²) in [5.41, 5.74) is 15.2. The molecule has 0 spiro atoms. The van der Waals surface area contributed by atoms with Gasteiger partial charge in [-0.25, -0.2) is 9.97 Å². The van der Waals surface area contributed by atoms with Crippen LogP contribution in [0.5, 0.6) is 0 Å². The third kappa shape index (κ3) is 4.82. The minimum absolute atomic E-state index is 0.143. The van der Waals surface area contributed by atoms with E-state index in [2.05, 4.69) is 217 Å². The van der Waals surface area contributed by atoms with Gasteiger partial charge in [0.25, 0.3) is 0 Å². The van der Waals surface area contributed by atoms with Gasteiger partial charge in [-0.15, -0.1) is 0 Å². The molecule has 9 aromatic carbocycles. The highest BCUT2D eigenvalue weighted by molar-refractivity contribution is 6.18. The molecule has 1 aliphatic carbocycles. The molecule has 0 amide bonds. The summed E-state index contributed by atoms with van der Waals surface area (Å²) in [6, 6.07) is 70.5. The van der Waals surface area contributed by atoms with Crippen LogP contribution in [0.1, 0.15) is 25.0 Å². The zero-order chi connectivity index (χ0) is 40.4. The Bertz CT molecular complexity index is 3790. The van der Waals surface area contributed by atoms with Crippen LogP contribution in [0.4, 0.5) is 0 Å². The molecule has 0 radical (unpaired) electrons. The Hall–Kier alpha value is -7.82. The van der Waals surface area contributed by atoms with Gasteiger partial charge in [0.1, 0.15) is 5.82 Å². The number of nitrogens with zero attached hydrogens (tertiary/aromatic N) is 4. The molecule has 4 heteroatoms. The Labute approximate surface area is 352 Å². The SMILES string of the molecule is CC1(C)c2ccccc2-c2ccc(-c3nc(-n4c5ccccc5c5c(-c6ccc7c8ccccc8n(-c8ccccc8)c7c6)cccc54)c4ccc5ccccc5c4n3)cc21. The quantitative estimate of drug-likeness (QED) is 0.167. The fourth-order valence-corrected chi connectivity index (χ4v) is 10.5. The first-order valence-corrected chi connectivity index (χ1v) is 21.1. The molecule has 1 aliphatic rings. The third-order valence-electron chi connectivity index (χ3n) is 13.3. The van der Waals surface area contributed by atoms with Crippen molar-refractivity contribution in [2.75, 3.05) is 0 Å². The summed E-state index contributed by atoms with van der Waals surface area (Å²) >= 11 is 0. The number of benzene rings is 9. The van der Waals surface area contributed by atoms with Gasteiger partial charge in [-0.1, -0.05) is 159 Å². The molecule has 0 saturated heterocycles. The highest BCUT2D eigenvalue weighted by Gasteiger charge is 2.35. The van der Waals surface area contributed by atoms with Crippen molar-refractivity contribution in [1.82, 2.24) is 19.1 Å². The average Bonchev–Trinajstić information content (AvgIpc) is 3.91. The number of para-hydroxylation sites is 3. The lowest BCUT2D eigenvalue weighted by Crippen LogP contribution is -2.15. The zero-order valence-corrected chi connectivity index (χ0v) is 33.8. The molecule has 12 aromatic rings. The number of hydrogen-bond donors (Lipinski definition) is 0. The number of hydrogen-bond acceptors (Lipinski definition) is 2. The summed E-state index contributed by atoms with van der Waals surface area (Å²) in [6.07, 6.45) is 0. The number of fused-ring (bicyclic) bond motifs is 12. The van der Waals surface area contributed by atoms with Crippen LogP contribution in [0.3, 0.4) is 0 Å². The Morgan fingerprint density at radius 1 is 0.393 bits per heavy atom. The topological polar surface area (TPSA) is 35.6 Å². The molecule has 4 nitrogen and oxygen atoms in total. The van der Waals surface area contributed by atoms with Crippen LogP contribution in [0.25, 0.3) is 110 Å². The van der Waals surface area contributed by atoms with E-state index in [-0.39, 0.29) is 5.41 Å². The minimum atomic E-state index is -0.143. The lowest BCUT2D eigenvalue weighted by molar-refractivity contribution is 0.660. The lowest BCUT2D eigenvalue weighted by atomic mass is 9.82.